The van der Waals surface area contributed by atoms with Crippen LogP contribution in [0.15, 0.2) is 0 Å². The van der Waals surface area contributed by atoms with Gasteiger partial charge in [-0.2, -0.15) is 4.98 Å². The van der Waals surface area contributed by atoms with Crippen molar-refractivity contribution in [2.45, 2.75) is 45.6 Å². The number of rotatable bonds is 3. The molecule has 0 atom stereocenters. The van der Waals surface area contributed by atoms with Gasteiger partial charge in [0.2, 0.25) is 5.88 Å². The predicted molar refractivity (Wildman–Crippen MR) is 70.3 cm³/mol. The fourth-order valence-corrected chi connectivity index (χ4v) is 1.98. The Morgan fingerprint density at radius 1 is 1.28 bits per heavy atom. The summed E-state index contributed by atoms with van der Waals surface area (Å²) in [6.07, 6.45) is 1.97. The topological polar surface area (TPSA) is 44.2 Å². The monoisotopic (exact) mass is 270 g/mol. The van der Waals surface area contributed by atoms with E-state index in [1.54, 1.807) is 0 Å². The molecule has 0 unspecified atom stereocenters. The van der Waals surface area contributed by atoms with Crippen molar-refractivity contribution in [3.05, 3.63) is 16.5 Å². The molecule has 0 amide bonds. The first kappa shape index (κ1) is 13.6. The first-order valence-corrected chi connectivity index (χ1v) is 6.74. The molecule has 0 radical (unpaired) electrons. The standard InChI is InChI=1S/C13H19ClN2O2/c1-8(2)12-15-11(14)9(3)13(16-12)18-10-4-6-17-7-5-10/h8,10H,4-7H2,1-3H3. The molecule has 2 heterocycles. The highest BCUT2D eigenvalue weighted by Crippen LogP contribution is 2.26. The fourth-order valence-electron chi connectivity index (χ4n) is 1.81. The Morgan fingerprint density at radius 2 is 1.94 bits per heavy atom. The van der Waals surface area contributed by atoms with Gasteiger partial charge < -0.3 is 9.47 Å². The molecule has 0 N–H and O–H groups in total. The van der Waals surface area contributed by atoms with Gasteiger partial charge in [-0.25, -0.2) is 4.98 Å². The van der Waals surface area contributed by atoms with Crippen molar-refractivity contribution in [1.29, 1.82) is 0 Å². The normalized spacial score (nSPS) is 17.2. The van der Waals surface area contributed by atoms with Crippen LogP contribution in [0, 0.1) is 6.92 Å². The molecule has 1 aromatic heterocycles. The second-order valence-corrected chi connectivity index (χ2v) is 5.25. The van der Waals surface area contributed by atoms with Gasteiger partial charge in [0.25, 0.3) is 0 Å². The third kappa shape index (κ3) is 3.12. The summed E-state index contributed by atoms with van der Waals surface area (Å²) in [7, 11) is 0. The highest BCUT2D eigenvalue weighted by atomic mass is 35.5. The van der Waals surface area contributed by atoms with Crippen LogP contribution in [0.2, 0.25) is 5.15 Å². The maximum absolute atomic E-state index is 6.12. The zero-order valence-corrected chi connectivity index (χ0v) is 11.8. The van der Waals surface area contributed by atoms with Crippen LogP contribution in [0.4, 0.5) is 0 Å². The smallest absolute Gasteiger partial charge is 0.221 e. The Balaban J connectivity index is 2.19. The molecule has 1 aliphatic rings. The van der Waals surface area contributed by atoms with Crippen LogP contribution in [0.25, 0.3) is 0 Å². The van der Waals surface area contributed by atoms with Gasteiger partial charge in [-0.3, -0.25) is 0 Å². The van der Waals surface area contributed by atoms with Crippen molar-refractivity contribution in [1.82, 2.24) is 9.97 Å². The van der Waals surface area contributed by atoms with Crippen LogP contribution >= 0.6 is 11.6 Å². The van der Waals surface area contributed by atoms with E-state index >= 15 is 0 Å². The molecule has 0 aliphatic carbocycles. The van der Waals surface area contributed by atoms with Crippen molar-refractivity contribution in [3.8, 4) is 5.88 Å². The van der Waals surface area contributed by atoms with Crippen LogP contribution in [0.1, 0.15) is 44.0 Å². The lowest BCUT2D eigenvalue weighted by molar-refractivity contribution is 0.0232. The first-order valence-electron chi connectivity index (χ1n) is 6.36. The second kappa shape index (κ2) is 5.85. The third-order valence-corrected chi connectivity index (χ3v) is 3.39. The van der Waals surface area contributed by atoms with E-state index in [1.807, 2.05) is 20.8 Å². The van der Waals surface area contributed by atoms with Gasteiger partial charge in [-0.1, -0.05) is 25.4 Å². The van der Waals surface area contributed by atoms with Gasteiger partial charge in [0.05, 0.1) is 13.2 Å². The molecule has 100 valence electrons. The molecule has 1 aromatic rings. The second-order valence-electron chi connectivity index (χ2n) is 4.89. The van der Waals surface area contributed by atoms with Gasteiger partial charge in [0.1, 0.15) is 17.1 Å². The third-order valence-electron chi connectivity index (χ3n) is 3.02. The Kier molecular flexibility index (Phi) is 4.40. The average molecular weight is 271 g/mol. The lowest BCUT2D eigenvalue weighted by Crippen LogP contribution is -2.26. The van der Waals surface area contributed by atoms with Gasteiger partial charge in [-0.05, 0) is 6.92 Å². The zero-order valence-electron chi connectivity index (χ0n) is 11.1. The minimum absolute atomic E-state index is 0.170. The van der Waals surface area contributed by atoms with E-state index in [-0.39, 0.29) is 12.0 Å². The Hall–Kier alpha value is -0.870. The highest BCUT2D eigenvalue weighted by Gasteiger charge is 2.19. The summed E-state index contributed by atoms with van der Waals surface area (Å²) >= 11 is 6.12. The summed E-state index contributed by atoms with van der Waals surface area (Å²) in [5, 5.41) is 0.482. The van der Waals surface area contributed by atoms with Gasteiger partial charge in [0.15, 0.2) is 0 Å². The molecule has 0 bridgehead atoms. The minimum atomic E-state index is 0.170. The maximum Gasteiger partial charge on any atom is 0.221 e. The SMILES string of the molecule is Cc1c(Cl)nc(C(C)C)nc1OC1CCOCC1. The lowest BCUT2D eigenvalue weighted by Gasteiger charge is -2.24. The molecule has 5 heteroatoms. The zero-order chi connectivity index (χ0) is 13.1. The highest BCUT2D eigenvalue weighted by molar-refractivity contribution is 6.30. The van der Waals surface area contributed by atoms with E-state index in [0.717, 1.165) is 37.4 Å². The largest absolute Gasteiger partial charge is 0.474 e. The summed E-state index contributed by atoms with van der Waals surface area (Å²) in [6.45, 7) is 7.47. The van der Waals surface area contributed by atoms with Crippen LogP contribution in [0.5, 0.6) is 5.88 Å². The number of nitrogens with zero attached hydrogens (tertiary/aromatic N) is 2. The van der Waals surface area contributed by atoms with Crippen LogP contribution < -0.4 is 4.74 Å². The Bertz CT molecular complexity index is 418. The molecule has 2 rings (SSSR count). The van der Waals surface area contributed by atoms with Crippen molar-refractivity contribution >= 4 is 11.6 Å². The number of hydrogen-bond donors (Lipinski definition) is 0. The molecule has 0 saturated carbocycles. The van der Waals surface area contributed by atoms with Crippen LogP contribution in [-0.4, -0.2) is 29.3 Å². The van der Waals surface area contributed by atoms with Crippen LogP contribution in [0.3, 0.4) is 0 Å². The average Bonchev–Trinajstić information content (AvgIpc) is 2.35. The van der Waals surface area contributed by atoms with E-state index in [9.17, 15) is 0 Å². The predicted octanol–water partition coefficient (Wildman–Crippen LogP) is 3.12. The van der Waals surface area contributed by atoms with Gasteiger partial charge in [-0.15, -0.1) is 0 Å². The van der Waals surface area contributed by atoms with E-state index < -0.39 is 0 Å². The van der Waals surface area contributed by atoms with Crippen LogP contribution in [-0.2, 0) is 4.74 Å². The molecule has 1 aliphatic heterocycles. The quantitative estimate of drug-likeness (QED) is 0.792. The Labute approximate surface area is 113 Å². The van der Waals surface area contributed by atoms with Crippen molar-refractivity contribution in [2.24, 2.45) is 0 Å². The summed E-state index contributed by atoms with van der Waals surface area (Å²) in [5.74, 6) is 1.58. The number of aromatic nitrogens is 2. The molecule has 0 spiro atoms. The van der Waals surface area contributed by atoms with Gasteiger partial charge in [0, 0.05) is 24.3 Å². The molecule has 1 fully saturated rings. The number of halogens is 1. The fraction of sp³-hybridized carbons (Fsp3) is 0.692. The minimum Gasteiger partial charge on any atom is -0.474 e. The summed E-state index contributed by atoms with van der Waals surface area (Å²) in [5.41, 5.74) is 0.813. The number of ether oxygens (including phenoxy) is 2. The lowest BCUT2D eigenvalue weighted by atomic mass is 10.1. The Morgan fingerprint density at radius 3 is 2.56 bits per heavy atom. The summed E-state index contributed by atoms with van der Waals surface area (Å²) in [6, 6.07) is 0. The molecule has 18 heavy (non-hydrogen) atoms. The van der Waals surface area contributed by atoms with Gasteiger partial charge >= 0.3 is 0 Å². The maximum atomic E-state index is 6.12. The van der Waals surface area contributed by atoms with Crippen molar-refractivity contribution in [2.75, 3.05) is 13.2 Å². The summed E-state index contributed by atoms with van der Waals surface area (Å²) < 4.78 is 11.3. The van der Waals surface area contributed by atoms with Crippen molar-refractivity contribution in [3.63, 3.8) is 0 Å². The molecular formula is C13H19ClN2O2. The number of hydrogen-bond acceptors (Lipinski definition) is 4. The molecule has 4 nitrogen and oxygen atoms in total. The molecular weight excluding hydrogens is 252 g/mol. The van der Waals surface area contributed by atoms with E-state index in [4.69, 9.17) is 21.1 Å². The first-order chi connectivity index (χ1) is 8.58. The van der Waals surface area contributed by atoms with Crippen molar-refractivity contribution < 1.29 is 9.47 Å². The van der Waals surface area contributed by atoms with E-state index in [1.165, 1.54) is 0 Å². The summed E-state index contributed by atoms with van der Waals surface area (Å²) in [4.78, 5) is 8.74. The molecule has 1 saturated heterocycles. The van der Waals surface area contributed by atoms with E-state index in [2.05, 4.69) is 9.97 Å². The van der Waals surface area contributed by atoms with E-state index in [0.29, 0.717) is 11.0 Å². The molecule has 0 aromatic carbocycles.